The summed E-state index contributed by atoms with van der Waals surface area (Å²) in [4.78, 5) is 14.7. The molecular weight excluding hydrogens is 299 g/mol. The summed E-state index contributed by atoms with van der Waals surface area (Å²) in [5, 5.41) is 1.08. The maximum atomic E-state index is 5.68. The van der Waals surface area contributed by atoms with Crippen molar-refractivity contribution in [2.75, 3.05) is 11.9 Å². The number of pyridine rings is 1. The van der Waals surface area contributed by atoms with Crippen LogP contribution < -0.4 is 10.5 Å². The van der Waals surface area contributed by atoms with Gasteiger partial charge in [0.25, 0.3) is 0 Å². The molecule has 0 aliphatic heterocycles. The van der Waals surface area contributed by atoms with Crippen LogP contribution in [-0.2, 0) is 13.6 Å². The normalized spacial score (nSPS) is 11.5. The summed E-state index contributed by atoms with van der Waals surface area (Å²) in [6, 6.07) is 10.4. The van der Waals surface area contributed by atoms with Crippen LogP contribution in [0.4, 0.5) is 5.82 Å². The summed E-state index contributed by atoms with van der Waals surface area (Å²) in [6.45, 7) is 0.552. The number of rotatable bonds is 3. The fraction of sp³-hybridized carbons (Fsp3) is 0.176. The number of aryl methyl sites for hydroxylation is 1. The molecule has 3 N–H and O–H groups in total. The van der Waals surface area contributed by atoms with Crippen LogP contribution in [0.3, 0.4) is 0 Å². The molecule has 120 valence electrons. The third-order valence-corrected chi connectivity index (χ3v) is 4.34. The monoisotopic (exact) mass is 318 g/mol. The van der Waals surface area contributed by atoms with E-state index in [9.17, 15) is 0 Å². The summed E-state index contributed by atoms with van der Waals surface area (Å²) in [7, 11) is 5.98. The second kappa shape index (κ2) is 5.38. The minimum absolute atomic E-state index is 0.552. The Bertz CT molecular complexity index is 1030. The molecule has 1 aromatic carbocycles. The highest BCUT2D eigenvalue weighted by Gasteiger charge is 2.16. The molecule has 0 atom stereocenters. The van der Waals surface area contributed by atoms with Crippen molar-refractivity contribution in [3.8, 4) is 11.3 Å². The first-order valence-electron chi connectivity index (χ1n) is 7.89. The van der Waals surface area contributed by atoms with E-state index < -0.39 is 0 Å². The Morgan fingerprint density at radius 2 is 2.04 bits per heavy atom. The molecule has 4 aromatic rings. The molecule has 3 aromatic heterocycles. The summed E-state index contributed by atoms with van der Waals surface area (Å²) in [6.07, 6.45) is 1.83. The van der Waals surface area contributed by atoms with Gasteiger partial charge >= 0.3 is 0 Å². The lowest BCUT2D eigenvalue weighted by molar-refractivity contribution is 0.951. The average Bonchev–Trinajstić information content (AvgIpc) is 3.17. The summed E-state index contributed by atoms with van der Waals surface area (Å²) in [5.74, 6) is 0.866. The van der Waals surface area contributed by atoms with Crippen LogP contribution in [0.15, 0.2) is 36.7 Å². The molecule has 0 radical (unpaired) electrons. The standard InChI is InChI=1S/C17H19BN6/c1-23-9-20-14-15(23)12-7-13(11-5-3-10(8-19)4-6-11)21-16(12)22-17(14)24(2)18/h3-7,9H,8,18-19H2,1-2H3,(H,21,22). The van der Waals surface area contributed by atoms with Crippen LogP contribution in [0.5, 0.6) is 0 Å². The molecule has 0 amide bonds. The number of hydrogen-bond acceptors (Lipinski definition) is 4. The van der Waals surface area contributed by atoms with E-state index >= 15 is 0 Å². The number of imidazole rings is 1. The van der Waals surface area contributed by atoms with Crippen molar-refractivity contribution >= 4 is 35.9 Å². The van der Waals surface area contributed by atoms with Crippen molar-refractivity contribution in [2.24, 2.45) is 12.8 Å². The first kappa shape index (κ1) is 14.8. The zero-order chi connectivity index (χ0) is 16.8. The van der Waals surface area contributed by atoms with E-state index in [2.05, 4.69) is 40.3 Å². The number of benzene rings is 1. The average molecular weight is 318 g/mol. The third-order valence-electron chi connectivity index (χ3n) is 4.34. The highest BCUT2D eigenvalue weighted by atomic mass is 15.1. The highest BCUT2D eigenvalue weighted by molar-refractivity contribution is 6.20. The largest absolute Gasteiger partial charge is 0.408 e. The lowest BCUT2D eigenvalue weighted by Gasteiger charge is -2.12. The SMILES string of the molecule is BN(C)c1nc2[nH]c(-c3ccc(CN)cc3)cc2c2c1ncn2C. The molecule has 0 fully saturated rings. The predicted molar refractivity (Wildman–Crippen MR) is 101 cm³/mol. The molecule has 0 bridgehead atoms. The molecule has 0 spiro atoms. The van der Waals surface area contributed by atoms with Gasteiger partial charge in [-0.3, -0.25) is 0 Å². The Balaban J connectivity index is 1.97. The van der Waals surface area contributed by atoms with E-state index in [0.29, 0.717) is 6.54 Å². The van der Waals surface area contributed by atoms with E-state index in [4.69, 9.17) is 10.7 Å². The fourth-order valence-electron chi connectivity index (χ4n) is 3.07. The number of nitrogens with two attached hydrogens (primary N) is 1. The molecule has 6 nitrogen and oxygen atoms in total. The van der Waals surface area contributed by atoms with Gasteiger partial charge in [0.1, 0.15) is 17.0 Å². The zero-order valence-electron chi connectivity index (χ0n) is 14.0. The lowest BCUT2D eigenvalue weighted by atomic mass is 10.1. The van der Waals surface area contributed by atoms with Gasteiger partial charge in [-0.05, 0) is 24.2 Å². The smallest absolute Gasteiger partial charge is 0.219 e. The van der Waals surface area contributed by atoms with Crippen molar-refractivity contribution in [1.82, 2.24) is 19.5 Å². The second-order valence-corrected chi connectivity index (χ2v) is 6.23. The Kier molecular flexibility index (Phi) is 3.31. The number of aromatic nitrogens is 4. The first-order valence-corrected chi connectivity index (χ1v) is 7.89. The van der Waals surface area contributed by atoms with Crippen LogP contribution in [0.1, 0.15) is 5.56 Å². The van der Waals surface area contributed by atoms with Gasteiger partial charge in [-0.15, -0.1) is 0 Å². The molecule has 4 rings (SSSR count). The quantitative estimate of drug-likeness (QED) is 0.562. The summed E-state index contributed by atoms with van der Waals surface area (Å²) < 4.78 is 2.04. The van der Waals surface area contributed by atoms with E-state index in [-0.39, 0.29) is 0 Å². The Morgan fingerprint density at radius 3 is 2.71 bits per heavy atom. The molecule has 0 aliphatic rings. The van der Waals surface area contributed by atoms with Gasteiger partial charge in [0.05, 0.1) is 11.8 Å². The molecule has 24 heavy (non-hydrogen) atoms. The minimum Gasteiger partial charge on any atom is -0.408 e. The van der Waals surface area contributed by atoms with Gasteiger partial charge in [-0.1, -0.05) is 24.3 Å². The van der Waals surface area contributed by atoms with Gasteiger partial charge < -0.3 is 20.1 Å². The molecular formula is C17H19BN6. The van der Waals surface area contributed by atoms with Crippen LogP contribution in [-0.4, -0.2) is 34.5 Å². The van der Waals surface area contributed by atoms with Crippen molar-refractivity contribution in [3.05, 3.63) is 42.2 Å². The topological polar surface area (TPSA) is 75.8 Å². The minimum atomic E-state index is 0.552. The van der Waals surface area contributed by atoms with Crippen LogP contribution in [0, 0.1) is 0 Å². The molecule has 7 heteroatoms. The number of nitrogens with zero attached hydrogens (tertiary/aromatic N) is 4. The maximum absolute atomic E-state index is 5.68. The summed E-state index contributed by atoms with van der Waals surface area (Å²) in [5.41, 5.74) is 11.8. The lowest BCUT2D eigenvalue weighted by Crippen LogP contribution is -2.13. The summed E-state index contributed by atoms with van der Waals surface area (Å²) >= 11 is 0. The van der Waals surface area contributed by atoms with Crippen LogP contribution in [0.2, 0.25) is 0 Å². The number of fused-ring (bicyclic) bond motifs is 3. The van der Waals surface area contributed by atoms with Gasteiger partial charge in [0.15, 0.2) is 0 Å². The number of hydrogen-bond donors (Lipinski definition) is 2. The van der Waals surface area contributed by atoms with Gasteiger partial charge in [-0.25, -0.2) is 9.97 Å². The molecule has 3 heterocycles. The van der Waals surface area contributed by atoms with Crippen molar-refractivity contribution in [3.63, 3.8) is 0 Å². The third kappa shape index (κ3) is 2.17. The Hall–Kier alpha value is -2.80. The maximum Gasteiger partial charge on any atom is 0.219 e. The van der Waals surface area contributed by atoms with Gasteiger partial charge in [0, 0.05) is 24.7 Å². The second-order valence-electron chi connectivity index (χ2n) is 6.23. The predicted octanol–water partition coefficient (Wildman–Crippen LogP) is 1.56. The Labute approximate surface area is 140 Å². The molecule has 0 saturated carbocycles. The number of nitrogens with one attached hydrogen (secondary N) is 1. The van der Waals surface area contributed by atoms with E-state index in [1.54, 1.807) is 0 Å². The molecule has 0 saturated heterocycles. The van der Waals surface area contributed by atoms with Crippen LogP contribution >= 0.6 is 0 Å². The first-order chi connectivity index (χ1) is 11.6. The van der Waals surface area contributed by atoms with Crippen LogP contribution in [0.25, 0.3) is 33.3 Å². The van der Waals surface area contributed by atoms with E-state index in [1.165, 1.54) is 0 Å². The number of anilines is 1. The van der Waals surface area contributed by atoms with Crippen molar-refractivity contribution in [1.29, 1.82) is 0 Å². The van der Waals surface area contributed by atoms with Crippen molar-refractivity contribution in [2.45, 2.75) is 6.54 Å². The number of aromatic amines is 1. The Morgan fingerprint density at radius 1 is 1.29 bits per heavy atom. The van der Waals surface area contributed by atoms with Crippen molar-refractivity contribution < 1.29 is 0 Å². The fourth-order valence-corrected chi connectivity index (χ4v) is 3.07. The van der Waals surface area contributed by atoms with Gasteiger partial charge in [-0.2, -0.15) is 0 Å². The van der Waals surface area contributed by atoms with Gasteiger partial charge in [0.2, 0.25) is 7.98 Å². The molecule has 0 unspecified atom stereocenters. The molecule has 0 aliphatic carbocycles. The van der Waals surface area contributed by atoms with E-state index in [1.807, 2.05) is 37.8 Å². The number of H-pyrrole nitrogens is 1. The van der Waals surface area contributed by atoms with E-state index in [0.717, 1.165) is 44.7 Å². The zero-order valence-corrected chi connectivity index (χ0v) is 14.0. The highest BCUT2D eigenvalue weighted by Crippen LogP contribution is 2.32.